The van der Waals surface area contributed by atoms with Crippen LogP contribution in [0.4, 0.5) is 0 Å². The summed E-state index contributed by atoms with van der Waals surface area (Å²) in [5, 5.41) is 1.74. The third kappa shape index (κ3) is 11.5. The van der Waals surface area contributed by atoms with E-state index in [0.717, 1.165) is 54.5 Å². The van der Waals surface area contributed by atoms with E-state index >= 15 is 0 Å². The maximum Gasteiger partial charge on any atom is 0.160 e. The average molecular weight is 512 g/mol. The molecule has 0 spiro atoms. The van der Waals surface area contributed by atoms with Gasteiger partial charge in [0.2, 0.25) is 0 Å². The Morgan fingerprint density at radius 1 is 1.06 bits per heavy atom. The Kier molecular flexibility index (Phi) is 15.6. The summed E-state index contributed by atoms with van der Waals surface area (Å²) in [6, 6.07) is 5.78. The number of thiol groups is 1. The van der Waals surface area contributed by atoms with Gasteiger partial charge in [-0.25, -0.2) is 0 Å². The van der Waals surface area contributed by atoms with Crippen LogP contribution >= 0.6 is 12.6 Å². The number of rotatable bonds is 17. The minimum atomic E-state index is -0.0147. The van der Waals surface area contributed by atoms with Gasteiger partial charge in [-0.3, -0.25) is 4.99 Å². The number of carbonyl (C=O) groups is 1. The second-order valence-corrected chi connectivity index (χ2v) is 9.62. The Morgan fingerprint density at radius 3 is 2.36 bits per heavy atom. The second-order valence-electron chi connectivity index (χ2n) is 9.36. The highest BCUT2D eigenvalue weighted by molar-refractivity contribution is 7.83. The first-order valence-corrected chi connectivity index (χ1v) is 13.4. The van der Waals surface area contributed by atoms with Crippen LogP contribution in [0, 0.1) is 0 Å². The summed E-state index contributed by atoms with van der Waals surface area (Å²) >= 11 is 4.40. The second kappa shape index (κ2) is 17.8. The summed E-state index contributed by atoms with van der Waals surface area (Å²) in [5.74, 6) is 1.30. The van der Waals surface area contributed by atoms with Crippen molar-refractivity contribution in [2.75, 3.05) is 14.2 Å². The van der Waals surface area contributed by atoms with Gasteiger partial charge in [0.15, 0.2) is 11.5 Å². The first kappa shape index (κ1) is 31.5. The molecule has 0 saturated carbocycles. The molecule has 36 heavy (non-hydrogen) atoms. The molecule has 5 heteroatoms. The largest absolute Gasteiger partial charge is 0.493 e. The Morgan fingerprint density at radius 2 is 1.78 bits per heavy atom. The summed E-state index contributed by atoms with van der Waals surface area (Å²) in [7, 11) is 3.22. The van der Waals surface area contributed by atoms with Crippen molar-refractivity contribution in [1.82, 2.24) is 0 Å². The van der Waals surface area contributed by atoms with Crippen LogP contribution in [-0.4, -0.2) is 26.2 Å². The molecule has 4 nitrogen and oxygen atoms in total. The van der Waals surface area contributed by atoms with E-state index in [1.807, 2.05) is 25.1 Å². The van der Waals surface area contributed by atoms with Crippen LogP contribution in [0.15, 0.2) is 69.7 Å². The third-order valence-electron chi connectivity index (χ3n) is 6.20. The summed E-state index contributed by atoms with van der Waals surface area (Å²) in [6.45, 7) is 12.9. The van der Waals surface area contributed by atoms with E-state index in [1.54, 1.807) is 19.6 Å². The van der Waals surface area contributed by atoms with E-state index < -0.39 is 0 Å². The van der Waals surface area contributed by atoms with Crippen molar-refractivity contribution in [2.45, 2.75) is 85.0 Å². The fraction of sp³-hybridized carbons (Fsp3) is 0.484. The molecule has 0 aromatic heterocycles. The van der Waals surface area contributed by atoms with Crippen molar-refractivity contribution < 1.29 is 14.3 Å². The Balaban J connectivity index is 2.76. The maximum atomic E-state index is 11.4. The quantitative estimate of drug-likeness (QED) is 0.0983. The molecular weight excluding hydrogens is 466 g/mol. The van der Waals surface area contributed by atoms with Crippen molar-refractivity contribution in [3.63, 3.8) is 0 Å². The van der Waals surface area contributed by atoms with Crippen LogP contribution in [0.25, 0.3) is 0 Å². The smallest absolute Gasteiger partial charge is 0.160 e. The van der Waals surface area contributed by atoms with E-state index in [0.29, 0.717) is 24.3 Å². The topological polar surface area (TPSA) is 47.9 Å². The van der Waals surface area contributed by atoms with E-state index in [1.165, 1.54) is 24.0 Å². The first-order valence-electron chi connectivity index (χ1n) is 12.8. The lowest BCUT2D eigenvalue weighted by molar-refractivity contribution is -0.108. The lowest BCUT2D eigenvalue weighted by Gasteiger charge is -2.17. The standard InChI is InChI=1S/C31H45NO3S/c1-8-9-13-26(23(2)3)15-14-24(4)11-10-12-25(5)32-29(22-36)20-28(18-19-33)27-16-17-30(34-6)31(21-27)35-7/h14-17,19,21-22,28,36H,4,8-13,18,20H2,1-3,5-7H3/b15-14-,29-22-,32-25?. The highest BCUT2D eigenvalue weighted by Crippen LogP contribution is 2.34. The van der Waals surface area contributed by atoms with Crippen LogP contribution in [0.3, 0.4) is 0 Å². The van der Waals surface area contributed by atoms with Gasteiger partial charge in [0, 0.05) is 17.8 Å². The number of methoxy groups -OCH3 is 2. The van der Waals surface area contributed by atoms with Gasteiger partial charge in [-0.05, 0) is 93.9 Å². The van der Waals surface area contributed by atoms with E-state index in [4.69, 9.17) is 14.5 Å². The molecule has 198 valence electrons. The van der Waals surface area contributed by atoms with Gasteiger partial charge in [0.1, 0.15) is 6.29 Å². The van der Waals surface area contributed by atoms with E-state index in [9.17, 15) is 4.79 Å². The molecule has 0 radical (unpaired) electrons. The molecule has 0 aliphatic rings. The maximum absolute atomic E-state index is 11.4. The number of hydrogen-bond acceptors (Lipinski definition) is 5. The van der Waals surface area contributed by atoms with Gasteiger partial charge >= 0.3 is 0 Å². The lowest BCUT2D eigenvalue weighted by atomic mass is 9.91. The fourth-order valence-corrected chi connectivity index (χ4v) is 4.14. The van der Waals surface area contributed by atoms with Crippen LogP contribution in [0.2, 0.25) is 0 Å². The van der Waals surface area contributed by atoms with E-state index in [-0.39, 0.29) is 5.92 Å². The molecule has 0 amide bonds. The van der Waals surface area contributed by atoms with Crippen molar-refractivity contribution in [3.05, 3.63) is 70.3 Å². The molecule has 1 atom stereocenters. The average Bonchev–Trinajstić information content (AvgIpc) is 2.87. The molecule has 0 fully saturated rings. The minimum Gasteiger partial charge on any atom is -0.493 e. The summed E-state index contributed by atoms with van der Waals surface area (Å²) < 4.78 is 10.8. The number of carbonyl (C=O) groups excluding carboxylic acids is 1. The number of aldehydes is 1. The Bertz CT molecular complexity index is 968. The van der Waals surface area contributed by atoms with Gasteiger partial charge < -0.3 is 14.3 Å². The predicted octanol–water partition coefficient (Wildman–Crippen LogP) is 8.81. The van der Waals surface area contributed by atoms with Gasteiger partial charge in [0.05, 0.1) is 14.2 Å². The highest BCUT2D eigenvalue weighted by atomic mass is 32.1. The fourth-order valence-electron chi connectivity index (χ4n) is 3.98. The Hall–Kier alpha value is -2.53. The monoisotopic (exact) mass is 511 g/mol. The number of ether oxygens (including phenoxy) is 2. The number of allylic oxidation sites excluding steroid dienone is 6. The number of hydrogen-bond donors (Lipinski definition) is 1. The molecule has 0 bridgehead atoms. The van der Waals surface area contributed by atoms with E-state index in [2.05, 4.69) is 52.1 Å². The zero-order chi connectivity index (χ0) is 26.9. The van der Waals surface area contributed by atoms with Crippen LogP contribution in [-0.2, 0) is 4.79 Å². The minimum absolute atomic E-state index is 0.0147. The van der Waals surface area contributed by atoms with Crippen molar-refractivity contribution in [1.29, 1.82) is 0 Å². The number of nitrogens with zero attached hydrogens (tertiary/aromatic N) is 1. The number of aliphatic imine (C=N–C) groups is 1. The van der Waals surface area contributed by atoms with Gasteiger partial charge in [-0.15, -0.1) is 12.6 Å². The number of unbranched alkanes of at least 4 members (excludes halogenated alkanes) is 1. The molecule has 0 saturated heterocycles. The van der Waals surface area contributed by atoms with Crippen LogP contribution in [0.1, 0.15) is 90.5 Å². The third-order valence-corrected chi connectivity index (χ3v) is 6.50. The zero-order valence-corrected chi connectivity index (χ0v) is 24.0. The van der Waals surface area contributed by atoms with Crippen molar-refractivity contribution >= 4 is 24.6 Å². The molecule has 1 aromatic carbocycles. The number of benzene rings is 1. The molecule has 1 aromatic rings. The molecular formula is C31H45NO3S. The first-order chi connectivity index (χ1) is 17.3. The van der Waals surface area contributed by atoms with Crippen molar-refractivity contribution in [3.8, 4) is 11.5 Å². The lowest BCUT2D eigenvalue weighted by Crippen LogP contribution is -2.03. The van der Waals surface area contributed by atoms with Gasteiger partial charge in [-0.2, -0.15) is 0 Å². The normalized spacial score (nSPS) is 13.0. The summed E-state index contributed by atoms with van der Waals surface area (Å²) in [4.78, 5) is 16.2. The van der Waals surface area contributed by atoms with Crippen LogP contribution in [0.5, 0.6) is 11.5 Å². The Labute approximate surface area is 224 Å². The summed E-state index contributed by atoms with van der Waals surface area (Å²) in [5.41, 5.74) is 6.86. The van der Waals surface area contributed by atoms with Gasteiger partial charge in [-0.1, -0.05) is 49.3 Å². The van der Waals surface area contributed by atoms with Crippen molar-refractivity contribution in [2.24, 2.45) is 4.99 Å². The highest BCUT2D eigenvalue weighted by Gasteiger charge is 2.16. The molecule has 1 unspecified atom stereocenters. The SMILES string of the molecule is C=C(/C=C\C(CCCC)=C(C)C)CCCC(C)=N/C(=C\S)CC(CC=O)c1ccc(OC)c(OC)c1. The zero-order valence-electron chi connectivity index (χ0n) is 23.1. The van der Waals surface area contributed by atoms with Crippen LogP contribution < -0.4 is 9.47 Å². The molecule has 0 aliphatic heterocycles. The molecule has 1 rings (SSSR count). The summed E-state index contributed by atoms with van der Waals surface area (Å²) in [6.07, 6.45) is 12.7. The molecule has 0 heterocycles. The molecule has 0 aliphatic carbocycles. The molecule has 0 N–H and O–H groups in total. The predicted molar refractivity (Wildman–Crippen MR) is 158 cm³/mol. The van der Waals surface area contributed by atoms with Gasteiger partial charge in [0.25, 0.3) is 0 Å².